The molecule has 2 aromatic heterocycles. The number of rotatable bonds is 6. The van der Waals surface area contributed by atoms with Gasteiger partial charge < -0.3 is 5.11 Å². The molecule has 9 nitrogen and oxygen atoms in total. The molecule has 0 radical (unpaired) electrons. The molecule has 0 atom stereocenters. The molecule has 10 heteroatoms. The molecule has 25 heavy (non-hydrogen) atoms. The third-order valence-corrected chi connectivity index (χ3v) is 3.44. The largest absolute Gasteiger partial charge is 0.480 e. The van der Waals surface area contributed by atoms with Crippen LogP contribution in [0.25, 0.3) is 0 Å². The van der Waals surface area contributed by atoms with E-state index in [0.29, 0.717) is 11.6 Å². The number of benzene rings is 1. The van der Waals surface area contributed by atoms with Gasteiger partial charge in [-0.3, -0.25) is 19.6 Å². The molecule has 0 fully saturated rings. The van der Waals surface area contributed by atoms with E-state index in [0.717, 1.165) is 10.2 Å². The second kappa shape index (κ2) is 7.14. The number of nitrogens with zero attached hydrogens (tertiary/aromatic N) is 5. The molecule has 0 saturated carbocycles. The van der Waals surface area contributed by atoms with Gasteiger partial charge in [0.05, 0.1) is 6.54 Å². The van der Waals surface area contributed by atoms with E-state index in [1.165, 1.54) is 18.6 Å². The maximum atomic E-state index is 12.1. The highest BCUT2D eigenvalue weighted by Gasteiger charge is 2.13. The van der Waals surface area contributed by atoms with Crippen molar-refractivity contribution < 1.29 is 14.7 Å². The fourth-order valence-corrected chi connectivity index (χ4v) is 2.21. The fraction of sp³-hybridized carbons (Fsp3) is 0.133. The van der Waals surface area contributed by atoms with Gasteiger partial charge in [0.15, 0.2) is 5.69 Å². The average molecular weight is 361 g/mol. The van der Waals surface area contributed by atoms with E-state index in [2.05, 4.69) is 20.5 Å². The standard InChI is InChI=1S/C15H13ClN6O3/c16-11-3-1-10(2-4-11)7-22-9-17-15(20-22)18-14(25)12-5-6-21(19-12)8-13(23)24/h1-6,9H,7-8H2,(H,23,24)(H,18,20,25). The number of amides is 1. The Morgan fingerprint density at radius 2 is 1.88 bits per heavy atom. The molecule has 0 unspecified atom stereocenters. The third kappa shape index (κ3) is 4.42. The summed E-state index contributed by atoms with van der Waals surface area (Å²) in [4.78, 5) is 26.7. The van der Waals surface area contributed by atoms with Crippen LogP contribution in [-0.2, 0) is 17.9 Å². The fourth-order valence-electron chi connectivity index (χ4n) is 2.08. The summed E-state index contributed by atoms with van der Waals surface area (Å²) in [5.74, 6) is -1.43. The molecule has 0 aliphatic carbocycles. The third-order valence-electron chi connectivity index (χ3n) is 3.19. The van der Waals surface area contributed by atoms with Gasteiger partial charge in [0.1, 0.15) is 12.9 Å². The molecule has 2 N–H and O–H groups in total. The maximum Gasteiger partial charge on any atom is 0.325 e. The number of halogens is 1. The Labute approximate surface area is 146 Å². The second-order valence-electron chi connectivity index (χ2n) is 5.14. The van der Waals surface area contributed by atoms with Crippen molar-refractivity contribution in [3.63, 3.8) is 0 Å². The predicted octanol–water partition coefficient (Wildman–Crippen LogP) is 1.51. The van der Waals surface area contributed by atoms with Crippen molar-refractivity contribution >= 4 is 29.4 Å². The number of carbonyl (C=O) groups is 2. The first-order chi connectivity index (χ1) is 12.0. The predicted molar refractivity (Wildman–Crippen MR) is 88.4 cm³/mol. The Morgan fingerprint density at radius 3 is 2.60 bits per heavy atom. The number of aromatic nitrogens is 5. The van der Waals surface area contributed by atoms with Crippen molar-refractivity contribution in [2.45, 2.75) is 13.1 Å². The molecule has 1 amide bonds. The highest BCUT2D eigenvalue weighted by molar-refractivity contribution is 6.30. The molecule has 1 aromatic carbocycles. The van der Waals surface area contributed by atoms with Gasteiger partial charge in [-0.25, -0.2) is 9.67 Å². The first-order valence-electron chi connectivity index (χ1n) is 7.20. The molecule has 0 spiro atoms. The zero-order chi connectivity index (χ0) is 17.8. The van der Waals surface area contributed by atoms with E-state index >= 15 is 0 Å². The molecule has 0 saturated heterocycles. The van der Waals surface area contributed by atoms with E-state index in [9.17, 15) is 9.59 Å². The summed E-state index contributed by atoms with van der Waals surface area (Å²) in [6.07, 6.45) is 2.91. The number of nitrogens with one attached hydrogen (secondary N) is 1. The van der Waals surface area contributed by atoms with E-state index in [1.54, 1.807) is 16.8 Å². The van der Waals surface area contributed by atoms with Gasteiger partial charge in [0.2, 0.25) is 5.95 Å². The average Bonchev–Trinajstić information content (AvgIpc) is 3.19. The minimum Gasteiger partial charge on any atom is -0.480 e. The monoisotopic (exact) mass is 360 g/mol. The van der Waals surface area contributed by atoms with Gasteiger partial charge in [-0.2, -0.15) is 5.10 Å². The van der Waals surface area contributed by atoms with Crippen molar-refractivity contribution in [2.24, 2.45) is 0 Å². The minimum atomic E-state index is -1.04. The molecule has 0 aliphatic rings. The number of carbonyl (C=O) groups excluding carboxylic acids is 1. The lowest BCUT2D eigenvalue weighted by Gasteiger charge is -2.01. The molecule has 3 aromatic rings. The van der Waals surface area contributed by atoms with Crippen LogP contribution < -0.4 is 5.32 Å². The van der Waals surface area contributed by atoms with Crippen LogP contribution in [0.1, 0.15) is 16.1 Å². The lowest BCUT2D eigenvalue weighted by Crippen LogP contribution is -2.16. The topological polar surface area (TPSA) is 115 Å². The highest BCUT2D eigenvalue weighted by atomic mass is 35.5. The SMILES string of the molecule is O=C(O)Cn1ccc(C(=O)Nc2ncn(Cc3ccc(Cl)cc3)n2)n1. The Bertz CT molecular complexity index is 902. The zero-order valence-corrected chi connectivity index (χ0v) is 13.6. The normalized spacial score (nSPS) is 10.6. The molecular weight excluding hydrogens is 348 g/mol. The summed E-state index contributed by atoms with van der Waals surface area (Å²) in [7, 11) is 0. The molecule has 0 bridgehead atoms. The summed E-state index contributed by atoms with van der Waals surface area (Å²) in [6.45, 7) is 0.161. The van der Waals surface area contributed by atoms with E-state index in [-0.39, 0.29) is 18.2 Å². The second-order valence-corrected chi connectivity index (χ2v) is 5.58. The Morgan fingerprint density at radius 1 is 1.12 bits per heavy atom. The van der Waals surface area contributed by atoms with Crippen molar-refractivity contribution in [3.05, 3.63) is 59.1 Å². The van der Waals surface area contributed by atoms with Crippen LogP contribution in [0.4, 0.5) is 5.95 Å². The van der Waals surface area contributed by atoms with Crippen molar-refractivity contribution in [3.8, 4) is 0 Å². The number of hydrogen-bond donors (Lipinski definition) is 2. The minimum absolute atomic E-state index is 0.0790. The molecule has 0 aliphatic heterocycles. The zero-order valence-electron chi connectivity index (χ0n) is 12.8. The molecule has 128 valence electrons. The van der Waals surface area contributed by atoms with Gasteiger partial charge in [-0.05, 0) is 23.8 Å². The lowest BCUT2D eigenvalue weighted by atomic mass is 10.2. The quantitative estimate of drug-likeness (QED) is 0.688. The van der Waals surface area contributed by atoms with Gasteiger partial charge in [0, 0.05) is 11.2 Å². The van der Waals surface area contributed by atoms with Crippen LogP contribution in [0.2, 0.25) is 5.02 Å². The van der Waals surface area contributed by atoms with Crippen LogP contribution in [0, 0.1) is 0 Å². The van der Waals surface area contributed by atoms with Gasteiger partial charge in [0.25, 0.3) is 5.91 Å². The summed E-state index contributed by atoms with van der Waals surface area (Å²) in [5, 5.41) is 19.9. The Balaban J connectivity index is 1.62. The molecular formula is C15H13ClN6O3. The number of aliphatic carboxylic acids is 1. The Kier molecular flexibility index (Phi) is 4.75. The first-order valence-corrected chi connectivity index (χ1v) is 7.58. The van der Waals surface area contributed by atoms with Crippen LogP contribution in [0.5, 0.6) is 0 Å². The lowest BCUT2D eigenvalue weighted by molar-refractivity contribution is -0.137. The van der Waals surface area contributed by atoms with Crippen LogP contribution in [0.3, 0.4) is 0 Å². The van der Waals surface area contributed by atoms with Crippen LogP contribution in [0.15, 0.2) is 42.9 Å². The highest BCUT2D eigenvalue weighted by Crippen LogP contribution is 2.11. The number of anilines is 1. The van der Waals surface area contributed by atoms with E-state index in [1.807, 2.05) is 12.1 Å². The first kappa shape index (κ1) is 16.7. The van der Waals surface area contributed by atoms with Gasteiger partial charge >= 0.3 is 5.97 Å². The van der Waals surface area contributed by atoms with Crippen LogP contribution in [-0.4, -0.2) is 41.5 Å². The summed E-state index contributed by atoms with van der Waals surface area (Å²) in [5.41, 5.74) is 1.06. The number of carboxylic acids is 1. The summed E-state index contributed by atoms with van der Waals surface area (Å²) >= 11 is 5.84. The van der Waals surface area contributed by atoms with Crippen molar-refractivity contribution in [1.82, 2.24) is 24.5 Å². The number of carboxylic acid groups (broad SMARTS) is 1. The summed E-state index contributed by atoms with van der Waals surface area (Å²) < 4.78 is 2.73. The van der Waals surface area contributed by atoms with E-state index in [4.69, 9.17) is 16.7 Å². The van der Waals surface area contributed by atoms with Crippen molar-refractivity contribution in [1.29, 1.82) is 0 Å². The van der Waals surface area contributed by atoms with Gasteiger partial charge in [-0.15, -0.1) is 5.10 Å². The van der Waals surface area contributed by atoms with Crippen LogP contribution >= 0.6 is 11.6 Å². The Hall–Kier alpha value is -3.20. The molecule has 3 rings (SSSR count). The maximum absolute atomic E-state index is 12.1. The van der Waals surface area contributed by atoms with Crippen molar-refractivity contribution in [2.75, 3.05) is 5.32 Å². The number of hydrogen-bond acceptors (Lipinski definition) is 5. The van der Waals surface area contributed by atoms with Gasteiger partial charge in [-0.1, -0.05) is 23.7 Å². The van der Waals surface area contributed by atoms with E-state index < -0.39 is 11.9 Å². The molecule has 2 heterocycles. The summed E-state index contributed by atoms with van der Waals surface area (Å²) in [6, 6.07) is 8.73. The smallest absolute Gasteiger partial charge is 0.325 e.